The Balaban J connectivity index is 2.32. The monoisotopic (exact) mass is 256 g/mol. The number of hydrogen-bond donors (Lipinski definition) is 2. The van der Waals surface area contributed by atoms with Gasteiger partial charge in [-0.15, -0.1) is 0 Å². The molecule has 0 atom stereocenters. The van der Waals surface area contributed by atoms with Gasteiger partial charge >= 0.3 is 5.97 Å². The van der Waals surface area contributed by atoms with E-state index in [0.29, 0.717) is 32.5 Å². The van der Waals surface area contributed by atoms with Gasteiger partial charge in [-0.05, 0) is 19.8 Å². The standard InChI is InChI=1S/C12H20N2O4/c1-2-13-12(18)9-5-7-14(8-6-9)10(15)3-4-11(16)17/h9H,2-8H2,1H3,(H,13,18)(H,16,17). The zero-order valence-electron chi connectivity index (χ0n) is 10.6. The Hall–Kier alpha value is -1.59. The van der Waals surface area contributed by atoms with Gasteiger partial charge in [0.15, 0.2) is 0 Å². The number of aliphatic carboxylic acids is 1. The van der Waals surface area contributed by atoms with Crippen LogP contribution in [0.5, 0.6) is 0 Å². The summed E-state index contributed by atoms with van der Waals surface area (Å²) >= 11 is 0. The Morgan fingerprint density at radius 3 is 2.33 bits per heavy atom. The fraction of sp³-hybridized carbons (Fsp3) is 0.750. The normalized spacial score (nSPS) is 16.4. The molecule has 6 nitrogen and oxygen atoms in total. The molecule has 1 fully saturated rings. The Labute approximate surface area is 106 Å². The molecule has 18 heavy (non-hydrogen) atoms. The molecule has 0 aromatic carbocycles. The van der Waals surface area contributed by atoms with Crippen LogP contribution in [0.2, 0.25) is 0 Å². The second kappa shape index (κ2) is 6.98. The summed E-state index contributed by atoms with van der Waals surface area (Å²) in [4.78, 5) is 35.3. The van der Waals surface area contributed by atoms with Crippen molar-refractivity contribution in [2.75, 3.05) is 19.6 Å². The molecule has 0 bridgehead atoms. The molecule has 0 spiro atoms. The van der Waals surface area contributed by atoms with E-state index >= 15 is 0 Å². The van der Waals surface area contributed by atoms with Gasteiger partial charge in [0.25, 0.3) is 0 Å². The van der Waals surface area contributed by atoms with Gasteiger partial charge in [0, 0.05) is 32.0 Å². The number of carbonyl (C=O) groups is 3. The molecule has 1 heterocycles. The molecule has 102 valence electrons. The lowest BCUT2D eigenvalue weighted by atomic mass is 9.95. The molecule has 1 rings (SSSR count). The number of carboxylic acid groups (broad SMARTS) is 1. The first-order valence-electron chi connectivity index (χ1n) is 6.31. The maximum absolute atomic E-state index is 11.7. The average molecular weight is 256 g/mol. The number of rotatable bonds is 5. The van der Waals surface area contributed by atoms with E-state index in [1.165, 1.54) is 0 Å². The van der Waals surface area contributed by atoms with Crippen LogP contribution in [0.25, 0.3) is 0 Å². The van der Waals surface area contributed by atoms with E-state index in [2.05, 4.69) is 5.32 Å². The van der Waals surface area contributed by atoms with E-state index in [4.69, 9.17) is 5.11 Å². The van der Waals surface area contributed by atoms with Crippen LogP contribution in [0.15, 0.2) is 0 Å². The first kappa shape index (κ1) is 14.5. The molecule has 1 saturated heterocycles. The summed E-state index contributed by atoms with van der Waals surface area (Å²) in [5, 5.41) is 11.3. The zero-order chi connectivity index (χ0) is 13.5. The minimum absolute atomic E-state index is 0.0199. The Morgan fingerprint density at radius 2 is 1.83 bits per heavy atom. The van der Waals surface area contributed by atoms with Crippen molar-refractivity contribution in [3.05, 3.63) is 0 Å². The van der Waals surface area contributed by atoms with E-state index in [9.17, 15) is 14.4 Å². The Kier molecular flexibility index (Phi) is 5.61. The number of likely N-dealkylation sites (tertiary alicyclic amines) is 1. The number of amides is 2. The van der Waals surface area contributed by atoms with Gasteiger partial charge in [-0.1, -0.05) is 0 Å². The summed E-state index contributed by atoms with van der Waals surface area (Å²) in [5.41, 5.74) is 0. The van der Waals surface area contributed by atoms with Gasteiger partial charge in [-0.3, -0.25) is 14.4 Å². The number of hydrogen-bond acceptors (Lipinski definition) is 3. The van der Waals surface area contributed by atoms with Crippen molar-refractivity contribution in [2.45, 2.75) is 32.6 Å². The Bertz CT molecular complexity index is 322. The van der Waals surface area contributed by atoms with Crippen LogP contribution < -0.4 is 5.32 Å². The van der Waals surface area contributed by atoms with Gasteiger partial charge < -0.3 is 15.3 Å². The number of carboxylic acids is 1. The predicted octanol–water partition coefficient (Wildman–Crippen LogP) is 0.226. The fourth-order valence-corrected chi connectivity index (χ4v) is 2.08. The van der Waals surface area contributed by atoms with Crippen molar-refractivity contribution in [2.24, 2.45) is 5.92 Å². The van der Waals surface area contributed by atoms with Gasteiger partial charge in [0.2, 0.25) is 11.8 Å². The molecule has 0 radical (unpaired) electrons. The zero-order valence-corrected chi connectivity index (χ0v) is 10.6. The molecule has 0 unspecified atom stereocenters. The molecule has 6 heteroatoms. The molecular weight excluding hydrogens is 236 g/mol. The lowest BCUT2D eigenvalue weighted by Gasteiger charge is -2.31. The number of nitrogens with zero attached hydrogens (tertiary/aromatic N) is 1. The van der Waals surface area contributed by atoms with Crippen molar-refractivity contribution >= 4 is 17.8 Å². The van der Waals surface area contributed by atoms with Crippen molar-refractivity contribution in [1.82, 2.24) is 10.2 Å². The minimum atomic E-state index is -0.958. The molecule has 1 aliphatic heterocycles. The van der Waals surface area contributed by atoms with Crippen molar-refractivity contribution < 1.29 is 19.5 Å². The van der Waals surface area contributed by atoms with E-state index < -0.39 is 5.97 Å². The quantitative estimate of drug-likeness (QED) is 0.737. The van der Waals surface area contributed by atoms with Gasteiger partial charge in [-0.25, -0.2) is 0 Å². The topological polar surface area (TPSA) is 86.7 Å². The van der Waals surface area contributed by atoms with Crippen LogP contribution in [-0.2, 0) is 14.4 Å². The van der Waals surface area contributed by atoms with E-state index in [1.807, 2.05) is 6.92 Å². The summed E-state index contributed by atoms with van der Waals surface area (Å²) in [6, 6.07) is 0. The van der Waals surface area contributed by atoms with Crippen molar-refractivity contribution in [3.8, 4) is 0 Å². The van der Waals surface area contributed by atoms with Crippen LogP contribution in [-0.4, -0.2) is 47.4 Å². The third kappa shape index (κ3) is 4.35. The predicted molar refractivity (Wildman–Crippen MR) is 64.9 cm³/mol. The van der Waals surface area contributed by atoms with Crippen LogP contribution in [0.1, 0.15) is 32.6 Å². The molecule has 0 aromatic rings. The smallest absolute Gasteiger partial charge is 0.303 e. The molecule has 0 saturated carbocycles. The Morgan fingerprint density at radius 1 is 1.22 bits per heavy atom. The summed E-state index contributed by atoms with van der Waals surface area (Å²) in [7, 11) is 0. The third-order valence-corrected chi connectivity index (χ3v) is 3.12. The maximum atomic E-state index is 11.7. The summed E-state index contributed by atoms with van der Waals surface area (Å²) in [5.74, 6) is -1.06. The SMILES string of the molecule is CCNC(=O)C1CCN(C(=O)CCC(=O)O)CC1. The van der Waals surface area contributed by atoms with Crippen LogP contribution >= 0.6 is 0 Å². The van der Waals surface area contributed by atoms with E-state index in [-0.39, 0.29) is 30.6 Å². The summed E-state index contributed by atoms with van der Waals surface area (Å²) in [6.07, 6.45) is 1.23. The number of piperidine rings is 1. The van der Waals surface area contributed by atoms with Crippen molar-refractivity contribution in [3.63, 3.8) is 0 Å². The molecule has 2 N–H and O–H groups in total. The largest absolute Gasteiger partial charge is 0.481 e. The third-order valence-electron chi connectivity index (χ3n) is 3.12. The van der Waals surface area contributed by atoms with Gasteiger partial charge in [-0.2, -0.15) is 0 Å². The lowest BCUT2D eigenvalue weighted by molar-refractivity contribution is -0.141. The van der Waals surface area contributed by atoms with Gasteiger partial charge in [0.1, 0.15) is 0 Å². The average Bonchev–Trinajstić information content (AvgIpc) is 2.36. The van der Waals surface area contributed by atoms with Gasteiger partial charge in [0.05, 0.1) is 6.42 Å². The highest BCUT2D eigenvalue weighted by atomic mass is 16.4. The number of carbonyl (C=O) groups excluding carboxylic acids is 2. The lowest BCUT2D eigenvalue weighted by Crippen LogP contribution is -2.43. The molecular formula is C12H20N2O4. The minimum Gasteiger partial charge on any atom is -0.481 e. The first-order valence-corrected chi connectivity index (χ1v) is 6.31. The fourth-order valence-electron chi connectivity index (χ4n) is 2.08. The van der Waals surface area contributed by atoms with E-state index in [1.54, 1.807) is 4.90 Å². The highest BCUT2D eigenvalue weighted by molar-refractivity contribution is 5.82. The van der Waals surface area contributed by atoms with Crippen LogP contribution in [0.3, 0.4) is 0 Å². The first-order chi connectivity index (χ1) is 8.54. The maximum Gasteiger partial charge on any atom is 0.303 e. The second-order valence-corrected chi connectivity index (χ2v) is 4.44. The highest BCUT2D eigenvalue weighted by Gasteiger charge is 2.26. The molecule has 0 aromatic heterocycles. The van der Waals surface area contributed by atoms with Crippen LogP contribution in [0, 0.1) is 5.92 Å². The second-order valence-electron chi connectivity index (χ2n) is 4.44. The van der Waals surface area contributed by atoms with E-state index in [0.717, 1.165) is 0 Å². The van der Waals surface area contributed by atoms with Crippen molar-refractivity contribution in [1.29, 1.82) is 0 Å². The molecule has 0 aliphatic carbocycles. The summed E-state index contributed by atoms with van der Waals surface area (Å²) in [6.45, 7) is 3.58. The highest BCUT2D eigenvalue weighted by Crippen LogP contribution is 2.18. The van der Waals surface area contributed by atoms with Crippen LogP contribution in [0.4, 0.5) is 0 Å². The number of nitrogens with one attached hydrogen (secondary N) is 1. The molecule has 1 aliphatic rings. The molecule has 2 amide bonds. The summed E-state index contributed by atoms with van der Waals surface area (Å²) < 4.78 is 0.